The maximum atomic E-state index is 8.97. The Balaban J connectivity index is 2.66. The van der Waals surface area contributed by atoms with E-state index in [-0.39, 0.29) is 0 Å². The van der Waals surface area contributed by atoms with Crippen LogP contribution in [-0.4, -0.2) is 74.1 Å². The van der Waals surface area contributed by atoms with Gasteiger partial charge in [0.2, 0.25) is 0 Å². The topological polar surface area (TPSA) is 33.5 Å². The van der Waals surface area contributed by atoms with Gasteiger partial charge in [0.25, 0.3) is 0 Å². The van der Waals surface area contributed by atoms with Gasteiger partial charge in [-0.1, -0.05) is 0 Å². The Morgan fingerprint density at radius 1 is 1.41 bits per heavy atom. The van der Waals surface area contributed by atoms with Gasteiger partial charge in [0.05, 0.1) is 12.5 Å². The van der Waals surface area contributed by atoms with Crippen molar-refractivity contribution in [3.63, 3.8) is 0 Å². The monoisotopic (exact) mass is 238 g/mol. The third-order valence-electron chi connectivity index (χ3n) is 3.62. The molecule has 2 atom stereocenters. The van der Waals surface area contributed by atoms with Gasteiger partial charge in [0, 0.05) is 31.7 Å². The first kappa shape index (κ1) is 14.4. The molecular weight excluding hydrogens is 212 g/mol. The second-order valence-corrected chi connectivity index (χ2v) is 5.46. The number of rotatable bonds is 4. The van der Waals surface area contributed by atoms with Crippen molar-refractivity contribution < 1.29 is 0 Å². The van der Waals surface area contributed by atoms with Gasteiger partial charge in [0.1, 0.15) is 0 Å². The molecule has 1 saturated heterocycles. The van der Waals surface area contributed by atoms with Gasteiger partial charge >= 0.3 is 0 Å². The van der Waals surface area contributed by atoms with Crippen molar-refractivity contribution >= 4 is 0 Å². The van der Waals surface area contributed by atoms with Gasteiger partial charge in [-0.2, -0.15) is 5.26 Å². The molecular formula is C13H26N4. The molecule has 4 nitrogen and oxygen atoms in total. The zero-order chi connectivity index (χ0) is 12.8. The number of nitrogens with zero attached hydrogens (tertiary/aromatic N) is 4. The van der Waals surface area contributed by atoms with Crippen LogP contribution >= 0.6 is 0 Å². The van der Waals surface area contributed by atoms with Crippen LogP contribution in [0, 0.1) is 11.3 Å². The summed E-state index contributed by atoms with van der Waals surface area (Å²) < 4.78 is 0. The molecule has 0 amide bonds. The molecule has 98 valence electrons. The molecule has 0 saturated carbocycles. The summed E-state index contributed by atoms with van der Waals surface area (Å²) in [6.07, 6.45) is 1.84. The molecule has 1 fully saturated rings. The van der Waals surface area contributed by atoms with Crippen LogP contribution in [0.1, 0.15) is 19.8 Å². The van der Waals surface area contributed by atoms with E-state index in [9.17, 15) is 0 Å². The number of nitriles is 1. The summed E-state index contributed by atoms with van der Waals surface area (Å²) in [5, 5.41) is 8.97. The summed E-state index contributed by atoms with van der Waals surface area (Å²) in [6, 6.07) is 3.31. The number of likely N-dealkylation sites (N-methyl/N-ethyl adjacent to an activating group) is 2. The fourth-order valence-electron chi connectivity index (χ4n) is 2.49. The first-order chi connectivity index (χ1) is 8.04. The van der Waals surface area contributed by atoms with Crippen LogP contribution in [0.4, 0.5) is 0 Å². The molecule has 1 aliphatic heterocycles. The minimum absolute atomic E-state index is 0.391. The summed E-state index contributed by atoms with van der Waals surface area (Å²) in [4.78, 5) is 7.09. The summed E-state index contributed by atoms with van der Waals surface area (Å²) in [5.74, 6) is 0. The molecule has 0 radical (unpaired) electrons. The van der Waals surface area contributed by atoms with Crippen LogP contribution < -0.4 is 0 Å². The molecule has 4 heteroatoms. The van der Waals surface area contributed by atoms with Gasteiger partial charge in [-0.25, -0.2) is 0 Å². The van der Waals surface area contributed by atoms with Gasteiger partial charge in [-0.15, -0.1) is 0 Å². The van der Waals surface area contributed by atoms with Crippen molar-refractivity contribution in [3.8, 4) is 6.07 Å². The highest BCUT2D eigenvalue weighted by atomic mass is 15.3. The third kappa shape index (κ3) is 4.63. The van der Waals surface area contributed by atoms with Crippen LogP contribution in [0.25, 0.3) is 0 Å². The lowest BCUT2D eigenvalue weighted by atomic mass is 10.1. The molecule has 1 heterocycles. The smallest absolute Gasteiger partial charge is 0.0638 e. The molecule has 0 aliphatic carbocycles. The van der Waals surface area contributed by atoms with Gasteiger partial charge < -0.3 is 9.80 Å². The maximum absolute atomic E-state index is 8.97. The van der Waals surface area contributed by atoms with Crippen LogP contribution in [-0.2, 0) is 0 Å². The highest BCUT2D eigenvalue weighted by molar-refractivity contribution is 4.89. The molecule has 1 rings (SSSR count). The van der Waals surface area contributed by atoms with E-state index in [0.717, 1.165) is 26.2 Å². The van der Waals surface area contributed by atoms with E-state index in [1.807, 2.05) is 0 Å². The molecule has 1 aliphatic rings. The predicted octanol–water partition coefficient (Wildman–Crippen LogP) is 0.856. The summed E-state index contributed by atoms with van der Waals surface area (Å²) >= 11 is 0. The first-order valence-electron chi connectivity index (χ1n) is 6.50. The predicted molar refractivity (Wildman–Crippen MR) is 70.9 cm³/mol. The van der Waals surface area contributed by atoms with E-state index in [4.69, 9.17) is 5.26 Å². The average molecular weight is 238 g/mol. The number of hydrogen-bond donors (Lipinski definition) is 0. The summed E-state index contributed by atoms with van der Waals surface area (Å²) in [6.45, 7) is 6.58. The van der Waals surface area contributed by atoms with Crippen molar-refractivity contribution in [1.82, 2.24) is 14.7 Å². The summed E-state index contributed by atoms with van der Waals surface area (Å²) in [7, 11) is 6.37. The molecule has 0 N–H and O–H groups in total. The Bertz CT molecular complexity index is 259. The highest BCUT2D eigenvalue weighted by Crippen LogP contribution is 2.17. The first-order valence-corrected chi connectivity index (χ1v) is 6.50. The quantitative estimate of drug-likeness (QED) is 0.727. The minimum atomic E-state index is 0.391. The van der Waals surface area contributed by atoms with Crippen molar-refractivity contribution in [2.75, 3.05) is 47.3 Å². The second kappa shape index (κ2) is 6.95. The molecule has 0 bridgehead atoms. The van der Waals surface area contributed by atoms with E-state index < -0.39 is 0 Å². The number of hydrogen-bond acceptors (Lipinski definition) is 4. The van der Waals surface area contributed by atoms with Crippen molar-refractivity contribution in [3.05, 3.63) is 0 Å². The van der Waals surface area contributed by atoms with Crippen molar-refractivity contribution in [2.24, 2.45) is 0 Å². The van der Waals surface area contributed by atoms with E-state index >= 15 is 0 Å². The minimum Gasteiger partial charge on any atom is -0.308 e. The Hall–Kier alpha value is -0.630. The van der Waals surface area contributed by atoms with E-state index in [1.54, 1.807) is 0 Å². The summed E-state index contributed by atoms with van der Waals surface area (Å²) in [5.41, 5.74) is 0. The maximum Gasteiger partial charge on any atom is 0.0638 e. The standard InChI is InChI=1S/C13H26N4/c1-12-6-8-16(4)11-13(5-7-14)17(12)10-9-15(2)3/h12-13H,5-6,8-11H2,1-4H3. The zero-order valence-corrected chi connectivity index (χ0v) is 11.7. The zero-order valence-electron chi connectivity index (χ0n) is 11.7. The Morgan fingerprint density at radius 3 is 2.71 bits per heavy atom. The third-order valence-corrected chi connectivity index (χ3v) is 3.62. The largest absolute Gasteiger partial charge is 0.308 e. The van der Waals surface area contributed by atoms with Gasteiger partial charge in [0.15, 0.2) is 0 Å². The van der Waals surface area contributed by atoms with Gasteiger partial charge in [-0.05, 0) is 41.0 Å². The Kier molecular flexibility index (Phi) is 5.90. The molecule has 17 heavy (non-hydrogen) atoms. The average Bonchev–Trinajstić information content (AvgIpc) is 2.37. The van der Waals surface area contributed by atoms with Crippen molar-refractivity contribution in [1.29, 1.82) is 5.26 Å². The molecule has 0 spiro atoms. The lowest BCUT2D eigenvalue weighted by Gasteiger charge is -2.34. The van der Waals surface area contributed by atoms with Crippen LogP contribution in [0.3, 0.4) is 0 Å². The highest BCUT2D eigenvalue weighted by Gasteiger charge is 2.27. The van der Waals surface area contributed by atoms with E-state index in [1.165, 1.54) is 6.42 Å². The molecule has 0 aromatic heterocycles. The van der Waals surface area contributed by atoms with E-state index in [2.05, 4.69) is 48.8 Å². The Morgan fingerprint density at radius 2 is 2.12 bits per heavy atom. The Labute approximate surface area is 106 Å². The van der Waals surface area contributed by atoms with Crippen LogP contribution in [0.15, 0.2) is 0 Å². The van der Waals surface area contributed by atoms with Crippen LogP contribution in [0.5, 0.6) is 0 Å². The second-order valence-electron chi connectivity index (χ2n) is 5.46. The van der Waals surface area contributed by atoms with Gasteiger partial charge in [-0.3, -0.25) is 4.90 Å². The molecule has 0 aromatic rings. The molecule has 0 aromatic carbocycles. The van der Waals surface area contributed by atoms with E-state index in [0.29, 0.717) is 18.5 Å². The van der Waals surface area contributed by atoms with Crippen LogP contribution in [0.2, 0.25) is 0 Å². The lowest BCUT2D eigenvalue weighted by Crippen LogP contribution is -2.46. The van der Waals surface area contributed by atoms with Crippen molar-refractivity contribution in [2.45, 2.75) is 31.8 Å². The fourth-order valence-corrected chi connectivity index (χ4v) is 2.49. The SMILES string of the molecule is CC1CCN(C)CC(CC#N)N1CCN(C)C. The molecule has 2 unspecified atom stereocenters. The lowest BCUT2D eigenvalue weighted by molar-refractivity contribution is 0.134. The normalized spacial score (nSPS) is 28.0. The fraction of sp³-hybridized carbons (Fsp3) is 0.923.